The summed E-state index contributed by atoms with van der Waals surface area (Å²) in [6.45, 7) is 1.37. The van der Waals surface area contributed by atoms with Gasteiger partial charge in [0.2, 0.25) is 5.75 Å². The molecule has 2 aromatic rings. The van der Waals surface area contributed by atoms with E-state index in [2.05, 4.69) is 25.8 Å². The zero-order chi connectivity index (χ0) is 14.6. The molecule has 0 bridgehead atoms. The van der Waals surface area contributed by atoms with Crippen LogP contribution in [0.4, 0.5) is 10.2 Å². The van der Waals surface area contributed by atoms with E-state index >= 15 is 0 Å². The van der Waals surface area contributed by atoms with Crippen molar-refractivity contribution in [3.8, 4) is 5.75 Å². The van der Waals surface area contributed by atoms with Gasteiger partial charge in [-0.1, -0.05) is 0 Å². The van der Waals surface area contributed by atoms with E-state index in [0.29, 0.717) is 22.5 Å². The number of pyridine rings is 1. The van der Waals surface area contributed by atoms with Crippen LogP contribution in [-0.2, 0) is 0 Å². The van der Waals surface area contributed by atoms with Gasteiger partial charge in [-0.25, -0.2) is 9.37 Å². The highest BCUT2D eigenvalue weighted by atomic mass is 79.9. The summed E-state index contributed by atoms with van der Waals surface area (Å²) >= 11 is 3.28. The SMILES string of the molecule is O=c1c2c(nc3c(Br)cc(F)cn13)N1CCCCC1CO2. The molecule has 4 rings (SSSR count). The number of ether oxygens (including phenoxy) is 1. The first kappa shape index (κ1) is 13.1. The molecule has 0 aromatic carbocycles. The van der Waals surface area contributed by atoms with Gasteiger partial charge in [-0.2, -0.15) is 0 Å². The molecule has 0 aliphatic carbocycles. The molecule has 0 radical (unpaired) electrons. The van der Waals surface area contributed by atoms with Crippen molar-refractivity contribution in [1.29, 1.82) is 0 Å². The average molecular weight is 354 g/mol. The smallest absolute Gasteiger partial charge is 0.302 e. The number of hydrogen-bond donors (Lipinski definition) is 0. The van der Waals surface area contributed by atoms with E-state index in [0.717, 1.165) is 25.6 Å². The van der Waals surface area contributed by atoms with Crippen LogP contribution in [0.2, 0.25) is 0 Å². The molecule has 2 aliphatic heterocycles. The average Bonchev–Trinajstić information content (AvgIpc) is 2.48. The first-order valence-corrected chi connectivity index (χ1v) is 7.75. The minimum Gasteiger partial charge on any atom is -0.483 e. The number of anilines is 1. The van der Waals surface area contributed by atoms with Gasteiger partial charge in [-0.3, -0.25) is 9.20 Å². The van der Waals surface area contributed by atoms with Crippen LogP contribution in [0, 0.1) is 5.82 Å². The van der Waals surface area contributed by atoms with Gasteiger partial charge in [-0.05, 0) is 41.3 Å². The van der Waals surface area contributed by atoms with E-state index in [-0.39, 0.29) is 17.4 Å². The third kappa shape index (κ3) is 1.94. The summed E-state index contributed by atoms with van der Waals surface area (Å²) in [7, 11) is 0. The monoisotopic (exact) mass is 353 g/mol. The lowest BCUT2D eigenvalue weighted by Gasteiger charge is -2.40. The molecule has 0 saturated carbocycles. The molecule has 21 heavy (non-hydrogen) atoms. The van der Waals surface area contributed by atoms with Crippen LogP contribution in [0.25, 0.3) is 5.65 Å². The molecular formula is C14H13BrFN3O2. The van der Waals surface area contributed by atoms with Crippen molar-refractivity contribution in [2.24, 2.45) is 0 Å². The minimum atomic E-state index is -0.495. The largest absolute Gasteiger partial charge is 0.483 e. The van der Waals surface area contributed by atoms with Gasteiger partial charge in [0.05, 0.1) is 16.7 Å². The van der Waals surface area contributed by atoms with Crippen LogP contribution in [0.5, 0.6) is 5.75 Å². The maximum atomic E-state index is 13.5. The third-order valence-corrected chi connectivity index (χ3v) is 4.69. The zero-order valence-electron chi connectivity index (χ0n) is 11.2. The summed E-state index contributed by atoms with van der Waals surface area (Å²) in [5.74, 6) is 0.316. The highest BCUT2D eigenvalue weighted by Gasteiger charge is 2.33. The maximum Gasteiger partial charge on any atom is 0.302 e. The van der Waals surface area contributed by atoms with E-state index in [1.165, 1.54) is 16.9 Å². The molecule has 5 nitrogen and oxygen atoms in total. The highest BCUT2D eigenvalue weighted by Crippen LogP contribution is 2.34. The predicted octanol–water partition coefficient (Wildman–Crippen LogP) is 2.35. The van der Waals surface area contributed by atoms with Crippen LogP contribution in [-0.4, -0.2) is 28.6 Å². The molecule has 1 saturated heterocycles. The predicted molar refractivity (Wildman–Crippen MR) is 79.6 cm³/mol. The van der Waals surface area contributed by atoms with Crippen LogP contribution in [0.3, 0.4) is 0 Å². The molecule has 0 spiro atoms. The second-order valence-electron chi connectivity index (χ2n) is 5.42. The van der Waals surface area contributed by atoms with Gasteiger partial charge >= 0.3 is 5.56 Å². The number of rotatable bonds is 0. The number of nitrogens with zero attached hydrogens (tertiary/aromatic N) is 3. The number of halogens is 2. The summed E-state index contributed by atoms with van der Waals surface area (Å²) in [5, 5.41) is 0. The summed E-state index contributed by atoms with van der Waals surface area (Å²) in [4.78, 5) is 19.2. The fourth-order valence-electron chi connectivity index (χ4n) is 3.09. The molecule has 2 aromatic heterocycles. The second kappa shape index (κ2) is 4.69. The lowest BCUT2D eigenvalue weighted by atomic mass is 10.0. The van der Waals surface area contributed by atoms with Gasteiger partial charge in [0.15, 0.2) is 11.5 Å². The Kier molecular flexibility index (Phi) is 2.92. The molecule has 1 atom stereocenters. The lowest BCUT2D eigenvalue weighted by Crippen LogP contribution is -2.48. The summed E-state index contributed by atoms with van der Waals surface area (Å²) in [6.07, 6.45) is 4.44. The van der Waals surface area contributed by atoms with Gasteiger partial charge < -0.3 is 9.64 Å². The number of fused-ring (bicyclic) bond motifs is 4. The quantitative estimate of drug-likeness (QED) is 0.729. The summed E-state index contributed by atoms with van der Waals surface area (Å²) in [5.41, 5.74) is 0.0502. The van der Waals surface area contributed by atoms with Crippen molar-refractivity contribution in [3.05, 3.63) is 32.9 Å². The number of piperidine rings is 1. The van der Waals surface area contributed by atoms with E-state index in [9.17, 15) is 9.18 Å². The molecule has 4 heterocycles. The Morgan fingerprint density at radius 2 is 2.29 bits per heavy atom. The van der Waals surface area contributed by atoms with Crippen molar-refractivity contribution in [2.45, 2.75) is 25.3 Å². The minimum absolute atomic E-state index is 0.225. The van der Waals surface area contributed by atoms with Crippen molar-refractivity contribution in [2.75, 3.05) is 18.1 Å². The van der Waals surface area contributed by atoms with Gasteiger partial charge in [-0.15, -0.1) is 0 Å². The standard InChI is InChI=1S/C14H13BrFN3O2/c15-10-5-8(16)6-19-12(10)17-13-11(14(19)20)21-7-9-3-1-2-4-18(9)13/h5-6,9H,1-4,7H2. The summed E-state index contributed by atoms with van der Waals surface area (Å²) < 4.78 is 20.8. The molecule has 2 aliphatic rings. The van der Waals surface area contributed by atoms with Crippen molar-refractivity contribution < 1.29 is 9.13 Å². The molecule has 0 amide bonds. The first-order chi connectivity index (χ1) is 10.1. The van der Waals surface area contributed by atoms with E-state index in [1.54, 1.807) is 0 Å². The van der Waals surface area contributed by atoms with Gasteiger partial charge in [0, 0.05) is 6.54 Å². The highest BCUT2D eigenvalue weighted by molar-refractivity contribution is 9.10. The van der Waals surface area contributed by atoms with Crippen molar-refractivity contribution in [3.63, 3.8) is 0 Å². The molecule has 7 heteroatoms. The summed E-state index contributed by atoms with van der Waals surface area (Å²) in [6, 6.07) is 1.59. The fraction of sp³-hybridized carbons (Fsp3) is 0.429. The second-order valence-corrected chi connectivity index (χ2v) is 6.28. The Hall–Kier alpha value is -1.63. The Labute approximate surface area is 128 Å². The molecule has 110 valence electrons. The van der Waals surface area contributed by atoms with Gasteiger partial charge in [0.1, 0.15) is 12.4 Å². The Bertz CT molecular complexity index is 792. The van der Waals surface area contributed by atoms with E-state index in [1.807, 2.05) is 0 Å². The van der Waals surface area contributed by atoms with Crippen LogP contribution >= 0.6 is 15.9 Å². The van der Waals surface area contributed by atoms with Crippen molar-refractivity contribution in [1.82, 2.24) is 9.38 Å². The van der Waals surface area contributed by atoms with E-state index in [4.69, 9.17) is 4.74 Å². The molecule has 1 fully saturated rings. The lowest BCUT2D eigenvalue weighted by molar-refractivity contribution is 0.234. The Morgan fingerprint density at radius 3 is 3.14 bits per heavy atom. The molecule has 0 N–H and O–H groups in total. The van der Waals surface area contributed by atoms with E-state index < -0.39 is 5.82 Å². The Balaban J connectivity index is 2.00. The van der Waals surface area contributed by atoms with Crippen LogP contribution in [0.15, 0.2) is 21.5 Å². The van der Waals surface area contributed by atoms with Crippen LogP contribution < -0.4 is 15.2 Å². The number of aromatic nitrogens is 2. The molecule has 1 unspecified atom stereocenters. The molecular weight excluding hydrogens is 341 g/mol. The fourth-order valence-corrected chi connectivity index (χ4v) is 3.59. The Morgan fingerprint density at radius 1 is 1.43 bits per heavy atom. The normalized spacial score (nSPS) is 20.9. The zero-order valence-corrected chi connectivity index (χ0v) is 12.8. The van der Waals surface area contributed by atoms with Crippen LogP contribution in [0.1, 0.15) is 19.3 Å². The maximum absolute atomic E-state index is 13.5. The van der Waals surface area contributed by atoms with Crippen molar-refractivity contribution >= 4 is 27.4 Å². The van der Waals surface area contributed by atoms with Gasteiger partial charge in [0.25, 0.3) is 0 Å². The number of hydrogen-bond acceptors (Lipinski definition) is 4. The topological polar surface area (TPSA) is 46.8 Å². The first-order valence-electron chi connectivity index (χ1n) is 6.96. The third-order valence-electron chi connectivity index (χ3n) is 4.11.